The second kappa shape index (κ2) is 11.4. The molecule has 0 spiro atoms. The monoisotopic (exact) mass is 479 g/mol. The third-order valence-corrected chi connectivity index (χ3v) is 5.30. The van der Waals surface area contributed by atoms with Gasteiger partial charge in [-0.2, -0.15) is 5.10 Å². The molecule has 0 saturated carbocycles. The molecule has 0 radical (unpaired) electrons. The molecule has 180 valence electrons. The van der Waals surface area contributed by atoms with Gasteiger partial charge in [0.2, 0.25) is 5.91 Å². The van der Waals surface area contributed by atoms with E-state index >= 15 is 0 Å². The van der Waals surface area contributed by atoms with E-state index in [0.717, 1.165) is 16.8 Å². The maximum Gasteiger partial charge on any atom is 0.273 e. The van der Waals surface area contributed by atoms with Gasteiger partial charge >= 0.3 is 0 Å². The Hall–Kier alpha value is -4.98. The van der Waals surface area contributed by atoms with Crippen molar-refractivity contribution in [3.8, 4) is 16.9 Å². The highest BCUT2D eigenvalue weighted by molar-refractivity contribution is 6.01. The van der Waals surface area contributed by atoms with E-state index < -0.39 is 23.8 Å². The van der Waals surface area contributed by atoms with Gasteiger partial charge in [-0.05, 0) is 30.7 Å². The minimum Gasteiger partial charge on any atom is -0.341 e. The molecule has 1 heterocycles. The van der Waals surface area contributed by atoms with Crippen LogP contribution in [0.4, 0.5) is 0 Å². The summed E-state index contributed by atoms with van der Waals surface area (Å²) in [6.07, 6.45) is 4.61. The fourth-order valence-corrected chi connectivity index (χ4v) is 3.42. The smallest absolute Gasteiger partial charge is 0.273 e. The van der Waals surface area contributed by atoms with Crippen LogP contribution in [0.3, 0.4) is 0 Å². The molecule has 0 aliphatic rings. The Labute approximate surface area is 208 Å². The Bertz CT molecular complexity index is 1370. The molecule has 8 nitrogen and oxygen atoms in total. The molecule has 3 amide bonds. The summed E-state index contributed by atoms with van der Waals surface area (Å²) in [4.78, 5) is 37.7. The number of hydrogen-bond donors (Lipinski definition) is 3. The maximum atomic E-state index is 13.0. The first-order valence-electron chi connectivity index (χ1n) is 11.4. The zero-order valence-electron chi connectivity index (χ0n) is 19.6. The Morgan fingerprint density at radius 3 is 2.11 bits per heavy atom. The average molecular weight is 480 g/mol. The van der Waals surface area contributed by atoms with E-state index in [4.69, 9.17) is 0 Å². The van der Waals surface area contributed by atoms with Crippen LogP contribution in [-0.2, 0) is 9.59 Å². The van der Waals surface area contributed by atoms with Gasteiger partial charge in [0.05, 0.1) is 11.3 Å². The summed E-state index contributed by atoms with van der Waals surface area (Å²) in [5.41, 5.74) is 7.97. The highest BCUT2D eigenvalue weighted by Crippen LogP contribution is 2.23. The molecule has 0 aliphatic carbocycles. The van der Waals surface area contributed by atoms with Crippen molar-refractivity contribution >= 4 is 23.8 Å². The Kier molecular flexibility index (Phi) is 7.67. The number of aromatic nitrogens is 2. The molecule has 8 heteroatoms. The van der Waals surface area contributed by atoms with Crippen molar-refractivity contribution in [2.75, 3.05) is 0 Å². The fraction of sp³-hybridized carbons (Fsp3) is 0.0714. The molecule has 0 saturated heterocycles. The van der Waals surface area contributed by atoms with E-state index in [1.54, 1.807) is 17.0 Å². The van der Waals surface area contributed by atoms with Crippen LogP contribution >= 0.6 is 0 Å². The van der Waals surface area contributed by atoms with E-state index in [1.165, 1.54) is 13.0 Å². The van der Waals surface area contributed by atoms with Gasteiger partial charge in [-0.3, -0.25) is 25.2 Å². The number of rotatable bonds is 7. The van der Waals surface area contributed by atoms with Crippen molar-refractivity contribution in [2.45, 2.75) is 13.0 Å². The molecule has 0 fully saturated rings. The Morgan fingerprint density at radius 2 is 1.44 bits per heavy atom. The summed E-state index contributed by atoms with van der Waals surface area (Å²) >= 11 is 0. The Morgan fingerprint density at radius 1 is 0.833 bits per heavy atom. The number of nitrogens with zero attached hydrogens (tertiary/aromatic N) is 2. The molecule has 0 aliphatic heterocycles. The van der Waals surface area contributed by atoms with Gasteiger partial charge in [0, 0.05) is 17.8 Å². The second-order valence-corrected chi connectivity index (χ2v) is 7.96. The van der Waals surface area contributed by atoms with Gasteiger partial charge in [0.15, 0.2) is 0 Å². The van der Waals surface area contributed by atoms with Gasteiger partial charge in [0.1, 0.15) is 11.7 Å². The second-order valence-electron chi connectivity index (χ2n) is 7.96. The molecule has 1 atom stereocenters. The van der Waals surface area contributed by atoms with Crippen molar-refractivity contribution < 1.29 is 14.4 Å². The SMILES string of the molecule is CC(NC(=O)/C=C/c1ccccc1)C(=O)NNC(=O)c1cn(-c2ccccc2)nc1-c1ccccc1. The first kappa shape index (κ1) is 24.2. The zero-order valence-corrected chi connectivity index (χ0v) is 19.6. The first-order chi connectivity index (χ1) is 17.5. The van der Waals surface area contributed by atoms with E-state index in [1.807, 2.05) is 91.0 Å². The lowest BCUT2D eigenvalue weighted by atomic mass is 10.1. The summed E-state index contributed by atoms with van der Waals surface area (Å²) in [6.45, 7) is 1.53. The van der Waals surface area contributed by atoms with E-state index in [9.17, 15) is 14.4 Å². The van der Waals surface area contributed by atoms with Crippen LogP contribution in [0.2, 0.25) is 0 Å². The molecule has 4 rings (SSSR count). The van der Waals surface area contributed by atoms with Crippen LogP contribution in [0, 0.1) is 0 Å². The predicted molar refractivity (Wildman–Crippen MR) is 138 cm³/mol. The highest BCUT2D eigenvalue weighted by Gasteiger charge is 2.20. The summed E-state index contributed by atoms with van der Waals surface area (Å²) in [7, 11) is 0. The van der Waals surface area contributed by atoms with Crippen molar-refractivity contribution in [3.05, 3.63) is 114 Å². The standard InChI is InChI=1S/C28H25N5O3/c1-20(29-25(34)18-17-21-11-5-2-6-12-21)27(35)30-31-28(36)24-19-33(23-15-9-4-10-16-23)32-26(24)22-13-7-3-8-14-22/h2-20H,1H3,(H,29,34)(H,30,35)(H,31,36)/b18-17+. The normalized spacial score (nSPS) is 11.6. The number of hydrogen-bond acceptors (Lipinski definition) is 4. The molecule has 4 aromatic rings. The third-order valence-electron chi connectivity index (χ3n) is 5.30. The van der Waals surface area contributed by atoms with Crippen molar-refractivity contribution in [2.24, 2.45) is 0 Å². The van der Waals surface area contributed by atoms with Crippen LogP contribution in [-0.4, -0.2) is 33.5 Å². The number of hydrazine groups is 1. The molecular weight excluding hydrogens is 454 g/mol. The molecule has 3 aromatic carbocycles. The van der Waals surface area contributed by atoms with Crippen LogP contribution in [0.15, 0.2) is 103 Å². The van der Waals surface area contributed by atoms with Crippen LogP contribution in [0.25, 0.3) is 23.0 Å². The van der Waals surface area contributed by atoms with Crippen LogP contribution in [0.1, 0.15) is 22.8 Å². The number of carbonyl (C=O) groups excluding carboxylic acids is 3. The topological polar surface area (TPSA) is 105 Å². The van der Waals surface area contributed by atoms with Gasteiger partial charge in [0.25, 0.3) is 11.8 Å². The Balaban J connectivity index is 1.41. The summed E-state index contributed by atoms with van der Waals surface area (Å²) < 4.78 is 1.61. The molecule has 36 heavy (non-hydrogen) atoms. The quantitative estimate of drug-likeness (QED) is 0.279. The number of para-hydroxylation sites is 1. The number of amides is 3. The zero-order chi connectivity index (χ0) is 25.3. The van der Waals surface area contributed by atoms with Gasteiger partial charge in [-0.15, -0.1) is 0 Å². The van der Waals surface area contributed by atoms with E-state index in [0.29, 0.717) is 5.69 Å². The lowest BCUT2D eigenvalue weighted by Gasteiger charge is -2.13. The van der Waals surface area contributed by atoms with E-state index in [-0.39, 0.29) is 5.56 Å². The first-order valence-corrected chi connectivity index (χ1v) is 11.4. The fourth-order valence-electron chi connectivity index (χ4n) is 3.42. The van der Waals surface area contributed by atoms with Crippen molar-refractivity contribution in [1.82, 2.24) is 25.9 Å². The number of nitrogens with one attached hydrogen (secondary N) is 3. The number of carbonyl (C=O) groups is 3. The van der Waals surface area contributed by atoms with E-state index in [2.05, 4.69) is 21.3 Å². The average Bonchev–Trinajstić information content (AvgIpc) is 3.38. The lowest BCUT2D eigenvalue weighted by Crippen LogP contribution is -2.50. The van der Waals surface area contributed by atoms with Crippen molar-refractivity contribution in [3.63, 3.8) is 0 Å². The van der Waals surface area contributed by atoms with Crippen LogP contribution in [0.5, 0.6) is 0 Å². The maximum absolute atomic E-state index is 13.0. The summed E-state index contributed by atoms with van der Waals surface area (Å²) in [5, 5.41) is 7.17. The summed E-state index contributed by atoms with van der Waals surface area (Å²) in [6, 6.07) is 27.2. The van der Waals surface area contributed by atoms with Crippen LogP contribution < -0.4 is 16.2 Å². The van der Waals surface area contributed by atoms with Gasteiger partial charge in [-0.1, -0.05) is 78.9 Å². The highest BCUT2D eigenvalue weighted by atomic mass is 16.2. The molecule has 0 bridgehead atoms. The minimum atomic E-state index is -0.876. The molecule has 3 N–H and O–H groups in total. The third kappa shape index (κ3) is 6.12. The largest absolute Gasteiger partial charge is 0.341 e. The number of benzene rings is 3. The summed E-state index contributed by atoms with van der Waals surface area (Å²) in [5.74, 6) is -1.53. The molecule has 1 unspecified atom stereocenters. The van der Waals surface area contributed by atoms with Crippen molar-refractivity contribution in [1.29, 1.82) is 0 Å². The molecular formula is C28H25N5O3. The minimum absolute atomic E-state index is 0.285. The van der Waals surface area contributed by atoms with Gasteiger partial charge < -0.3 is 5.32 Å². The lowest BCUT2D eigenvalue weighted by molar-refractivity contribution is -0.127. The van der Waals surface area contributed by atoms with Gasteiger partial charge in [-0.25, -0.2) is 4.68 Å². The predicted octanol–water partition coefficient (Wildman–Crippen LogP) is 3.52. The molecule has 1 aromatic heterocycles.